The van der Waals surface area contributed by atoms with Crippen LogP contribution in [0.4, 0.5) is 11.5 Å². The maximum absolute atomic E-state index is 11.3. The van der Waals surface area contributed by atoms with Gasteiger partial charge >= 0.3 is 5.69 Å². The summed E-state index contributed by atoms with van der Waals surface area (Å²) in [7, 11) is 1.72. The Hall–Kier alpha value is -1.96. The smallest absolute Gasteiger partial charge is 0.334 e. The number of nitrogens with zero attached hydrogens (tertiary/aromatic N) is 4. The highest BCUT2D eigenvalue weighted by molar-refractivity contribution is 7.09. The number of hydrogen-bond acceptors (Lipinski definition) is 6. The molecule has 0 unspecified atom stereocenters. The van der Waals surface area contributed by atoms with E-state index in [-0.39, 0.29) is 10.6 Å². The summed E-state index contributed by atoms with van der Waals surface area (Å²) in [5.41, 5.74) is 3.33. The number of aromatic nitrogens is 3. The second-order valence-electron chi connectivity index (χ2n) is 4.49. The number of rotatable bonds is 6. The first-order chi connectivity index (χ1) is 9.54. The van der Waals surface area contributed by atoms with E-state index in [0.717, 1.165) is 17.0 Å². The van der Waals surface area contributed by atoms with E-state index >= 15 is 0 Å². The SMILES string of the molecule is CCCc1nn(C)c(NCc2scnc2C)c1[N+](=O)[O-]. The minimum Gasteiger partial charge on any atom is -0.360 e. The van der Waals surface area contributed by atoms with Crippen LogP contribution >= 0.6 is 11.3 Å². The Morgan fingerprint density at radius 2 is 2.30 bits per heavy atom. The van der Waals surface area contributed by atoms with E-state index in [1.807, 2.05) is 13.8 Å². The van der Waals surface area contributed by atoms with Crippen molar-refractivity contribution in [3.8, 4) is 0 Å². The zero-order chi connectivity index (χ0) is 14.7. The first-order valence-electron chi connectivity index (χ1n) is 6.37. The second kappa shape index (κ2) is 6.00. The Balaban J connectivity index is 2.26. The molecule has 2 heterocycles. The summed E-state index contributed by atoms with van der Waals surface area (Å²) >= 11 is 1.53. The van der Waals surface area contributed by atoms with Crippen molar-refractivity contribution in [2.45, 2.75) is 33.2 Å². The molecule has 108 valence electrons. The van der Waals surface area contributed by atoms with Crippen molar-refractivity contribution in [3.05, 3.63) is 31.9 Å². The maximum Gasteiger partial charge on any atom is 0.334 e. The van der Waals surface area contributed by atoms with Gasteiger partial charge in [0, 0.05) is 11.9 Å². The first kappa shape index (κ1) is 14.4. The Bertz CT molecular complexity index is 619. The number of thiazole rings is 1. The summed E-state index contributed by atoms with van der Waals surface area (Å²) in [6, 6.07) is 0. The van der Waals surface area contributed by atoms with Crippen molar-refractivity contribution in [1.29, 1.82) is 0 Å². The molecule has 2 rings (SSSR count). The van der Waals surface area contributed by atoms with E-state index in [0.29, 0.717) is 24.5 Å². The molecule has 2 aromatic rings. The van der Waals surface area contributed by atoms with E-state index in [9.17, 15) is 10.1 Å². The largest absolute Gasteiger partial charge is 0.360 e. The van der Waals surface area contributed by atoms with Crippen LogP contribution in [0.25, 0.3) is 0 Å². The molecular weight excluding hydrogens is 278 g/mol. The fourth-order valence-electron chi connectivity index (χ4n) is 2.02. The van der Waals surface area contributed by atoms with Gasteiger partial charge in [0.15, 0.2) is 0 Å². The van der Waals surface area contributed by atoms with Crippen molar-refractivity contribution in [2.24, 2.45) is 7.05 Å². The molecule has 0 atom stereocenters. The Morgan fingerprint density at radius 3 is 2.85 bits per heavy atom. The molecule has 0 saturated heterocycles. The Morgan fingerprint density at radius 1 is 1.55 bits per heavy atom. The van der Waals surface area contributed by atoms with Crippen molar-refractivity contribution >= 4 is 22.8 Å². The maximum atomic E-state index is 11.3. The predicted octanol–water partition coefficient (Wildman–Crippen LogP) is 2.66. The summed E-state index contributed by atoms with van der Waals surface area (Å²) in [5, 5.41) is 18.6. The van der Waals surface area contributed by atoms with Crippen molar-refractivity contribution in [1.82, 2.24) is 14.8 Å². The molecule has 0 spiro atoms. The van der Waals surface area contributed by atoms with Crippen LogP contribution in [0.5, 0.6) is 0 Å². The van der Waals surface area contributed by atoms with Gasteiger partial charge in [-0.1, -0.05) is 13.3 Å². The van der Waals surface area contributed by atoms with Crippen LogP contribution in [-0.4, -0.2) is 19.7 Å². The monoisotopic (exact) mass is 295 g/mol. The zero-order valence-electron chi connectivity index (χ0n) is 11.7. The number of hydrogen-bond donors (Lipinski definition) is 1. The number of aryl methyl sites for hydroxylation is 3. The molecule has 20 heavy (non-hydrogen) atoms. The van der Waals surface area contributed by atoms with E-state index in [2.05, 4.69) is 15.4 Å². The van der Waals surface area contributed by atoms with Crippen LogP contribution in [-0.2, 0) is 20.0 Å². The highest BCUT2D eigenvalue weighted by atomic mass is 32.1. The average molecular weight is 295 g/mol. The van der Waals surface area contributed by atoms with Gasteiger partial charge in [0.1, 0.15) is 5.69 Å². The number of nitrogens with one attached hydrogen (secondary N) is 1. The molecule has 0 fully saturated rings. The summed E-state index contributed by atoms with van der Waals surface area (Å²) < 4.78 is 1.54. The summed E-state index contributed by atoms with van der Waals surface area (Å²) in [6.07, 6.45) is 1.43. The lowest BCUT2D eigenvalue weighted by atomic mass is 10.2. The minimum absolute atomic E-state index is 0.0801. The van der Waals surface area contributed by atoms with Crippen molar-refractivity contribution in [2.75, 3.05) is 5.32 Å². The molecule has 2 aromatic heterocycles. The van der Waals surface area contributed by atoms with Gasteiger partial charge in [-0.05, 0) is 13.3 Å². The lowest BCUT2D eigenvalue weighted by Crippen LogP contribution is -2.06. The van der Waals surface area contributed by atoms with Crippen molar-refractivity contribution < 1.29 is 4.92 Å². The molecule has 7 nitrogen and oxygen atoms in total. The number of nitro groups is 1. The van der Waals surface area contributed by atoms with Gasteiger partial charge in [0.2, 0.25) is 5.82 Å². The van der Waals surface area contributed by atoms with Crippen LogP contribution < -0.4 is 5.32 Å². The third-order valence-electron chi connectivity index (χ3n) is 3.02. The molecule has 0 bridgehead atoms. The van der Waals surface area contributed by atoms with E-state index in [1.165, 1.54) is 11.3 Å². The standard InChI is InChI=1S/C12H17N5O2S/c1-4-5-9-11(17(18)19)12(16(3)15-9)13-6-10-8(2)14-7-20-10/h7,13H,4-6H2,1-3H3. The summed E-state index contributed by atoms with van der Waals surface area (Å²) in [6.45, 7) is 4.42. The molecule has 0 aliphatic rings. The van der Waals surface area contributed by atoms with Gasteiger partial charge < -0.3 is 5.32 Å². The van der Waals surface area contributed by atoms with E-state index in [4.69, 9.17) is 0 Å². The average Bonchev–Trinajstić information content (AvgIpc) is 2.91. The van der Waals surface area contributed by atoms with Crippen LogP contribution in [0.15, 0.2) is 5.51 Å². The third kappa shape index (κ3) is 2.79. The van der Waals surface area contributed by atoms with Gasteiger partial charge in [0.25, 0.3) is 0 Å². The summed E-state index contributed by atoms with van der Waals surface area (Å²) in [4.78, 5) is 16.1. The van der Waals surface area contributed by atoms with Crippen LogP contribution in [0, 0.1) is 17.0 Å². The Labute approximate surface area is 120 Å². The predicted molar refractivity (Wildman–Crippen MR) is 78.0 cm³/mol. The van der Waals surface area contributed by atoms with Gasteiger partial charge in [-0.2, -0.15) is 5.10 Å². The molecule has 0 aromatic carbocycles. The van der Waals surface area contributed by atoms with Crippen LogP contribution in [0.2, 0.25) is 0 Å². The second-order valence-corrected chi connectivity index (χ2v) is 5.43. The zero-order valence-corrected chi connectivity index (χ0v) is 12.5. The normalized spacial score (nSPS) is 10.8. The van der Waals surface area contributed by atoms with Crippen molar-refractivity contribution in [3.63, 3.8) is 0 Å². The molecule has 0 radical (unpaired) electrons. The van der Waals surface area contributed by atoms with Gasteiger partial charge in [-0.3, -0.25) is 10.1 Å². The molecule has 8 heteroatoms. The topological polar surface area (TPSA) is 85.9 Å². The van der Waals surface area contributed by atoms with Gasteiger partial charge in [-0.15, -0.1) is 11.3 Å². The molecule has 0 aliphatic heterocycles. The third-order valence-corrected chi connectivity index (χ3v) is 3.96. The highest BCUT2D eigenvalue weighted by Gasteiger charge is 2.26. The molecule has 0 aliphatic carbocycles. The quantitative estimate of drug-likeness (QED) is 0.654. The fraction of sp³-hybridized carbons (Fsp3) is 0.500. The van der Waals surface area contributed by atoms with E-state index in [1.54, 1.807) is 17.2 Å². The summed E-state index contributed by atoms with van der Waals surface area (Å²) in [5.74, 6) is 0.450. The molecule has 1 N–H and O–H groups in total. The lowest BCUT2D eigenvalue weighted by molar-refractivity contribution is -0.384. The minimum atomic E-state index is -0.361. The molecular formula is C12H17N5O2S. The Kier molecular flexibility index (Phi) is 4.33. The molecule has 0 saturated carbocycles. The fourth-order valence-corrected chi connectivity index (χ4v) is 2.74. The van der Waals surface area contributed by atoms with Gasteiger partial charge in [0.05, 0.1) is 22.7 Å². The highest BCUT2D eigenvalue weighted by Crippen LogP contribution is 2.29. The van der Waals surface area contributed by atoms with Crippen LogP contribution in [0.1, 0.15) is 29.6 Å². The molecule has 0 amide bonds. The van der Waals surface area contributed by atoms with Gasteiger partial charge in [-0.25, -0.2) is 9.67 Å². The lowest BCUT2D eigenvalue weighted by Gasteiger charge is -2.05. The van der Waals surface area contributed by atoms with Crippen LogP contribution in [0.3, 0.4) is 0 Å². The first-order valence-corrected chi connectivity index (χ1v) is 7.25. The van der Waals surface area contributed by atoms with E-state index < -0.39 is 0 Å². The number of anilines is 1.